The van der Waals surface area contributed by atoms with Crippen molar-refractivity contribution < 1.29 is 14.2 Å². The monoisotopic (exact) mass is 203 g/mol. The Morgan fingerprint density at radius 2 is 2.46 bits per heavy atom. The lowest BCUT2D eigenvalue weighted by Crippen LogP contribution is -2.12. The zero-order valence-electron chi connectivity index (χ0n) is 7.02. The minimum absolute atomic E-state index is 0.0705. The number of aromatic nitrogens is 2. The summed E-state index contributed by atoms with van der Waals surface area (Å²) >= 11 is 1.31. The van der Waals surface area contributed by atoms with Crippen LogP contribution in [0.4, 0.5) is 0 Å². The predicted molar refractivity (Wildman–Crippen MR) is 45.4 cm³/mol. The molecule has 0 spiro atoms. The molecule has 7 heteroatoms. The van der Waals surface area contributed by atoms with E-state index in [4.69, 9.17) is 10.5 Å². The van der Waals surface area contributed by atoms with Crippen molar-refractivity contribution in [2.45, 2.75) is 5.03 Å². The summed E-state index contributed by atoms with van der Waals surface area (Å²) in [6.07, 6.45) is 0. The lowest BCUT2D eigenvalue weighted by molar-refractivity contribution is 0.0989. The van der Waals surface area contributed by atoms with Gasteiger partial charge in [-0.05, 0) is 10.3 Å². The fraction of sp³-hybridized carbons (Fsp3) is 0.500. The molecule has 2 N–H and O–H groups in total. The van der Waals surface area contributed by atoms with Gasteiger partial charge in [-0.25, -0.2) is 4.63 Å². The molecule has 0 atom stereocenters. The van der Waals surface area contributed by atoms with Crippen LogP contribution in [0.15, 0.2) is 9.65 Å². The Hall–Kier alpha value is -1.08. The van der Waals surface area contributed by atoms with Gasteiger partial charge in [0.15, 0.2) is 5.03 Å². The van der Waals surface area contributed by atoms with Crippen LogP contribution in [-0.4, -0.2) is 35.7 Å². The molecule has 0 aliphatic heterocycles. The SMILES string of the molecule is COCCSc1nonc1C(N)=O. The van der Waals surface area contributed by atoms with Crippen LogP contribution < -0.4 is 5.73 Å². The lowest BCUT2D eigenvalue weighted by atomic mass is 10.5. The molecule has 1 heterocycles. The average Bonchev–Trinajstić information content (AvgIpc) is 2.53. The van der Waals surface area contributed by atoms with Crippen molar-refractivity contribution in [1.29, 1.82) is 0 Å². The maximum atomic E-state index is 10.7. The molecule has 1 aromatic rings. The van der Waals surface area contributed by atoms with Crippen molar-refractivity contribution in [1.82, 2.24) is 10.3 Å². The first-order valence-corrected chi connectivity index (χ1v) is 4.48. The molecule has 0 aliphatic rings. The Balaban J connectivity index is 2.55. The first-order chi connectivity index (χ1) is 6.25. The second-order valence-electron chi connectivity index (χ2n) is 2.12. The molecule has 0 unspecified atom stereocenters. The third kappa shape index (κ3) is 2.71. The van der Waals surface area contributed by atoms with Crippen molar-refractivity contribution in [2.24, 2.45) is 5.73 Å². The van der Waals surface area contributed by atoms with Crippen LogP contribution in [0.2, 0.25) is 0 Å². The average molecular weight is 203 g/mol. The van der Waals surface area contributed by atoms with E-state index in [0.29, 0.717) is 17.4 Å². The van der Waals surface area contributed by atoms with Gasteiger partial charge in [-0.2, -0.15) is 0 Å². The highest BCUT2D eigenvalue weighted by Gasteiger charge is 2.15. The summed E-state index contributed by atoms with van der Waals surface area (Å²) in [6.45, 7) is 0.565. The van der Waals surface area contributed by atoms with E-state index in [0.717, 1.165) is 0 Å². The second kappa shape index (κ2) is 4.83. The highest BCUT2D eigenvalue weighted by molar-refractivity contribution is 7.99. The van der Waals surface area contributed by atoms with Crippen LogP contribution in [0.5, 0.6) is 0 Å². The van der Waals surface area contributed by atoms with Crippen molar-refractivity contribution in [3.05, 3.63) is 5.69 Å². The molecule has 0 aromatic carbocycles. The summed E-state index contributed by atoms with van der Waals surface area (Å²) in [4.78, 5) is 10.7. The number of carbonyl (C=O) groups excluding carboxylic acids is 1. The minimum atomic E-state index is -0.638. The lowest BCUT2D eigenvalue weighted by Gasteiger charge is -1.95. The Labute approximate surface area is 78.8 Å². The third-order valence-corrected chi connectivity index (χ3v) is 2.13. The Kier molecular flexibility index (Phi) is 3.71. The summed E-state index contributed by atoms with van der Waals surface area (Å²) in [5.41, 5.74) is 5.09. The number of hydrogen-bond acceptors (Lipinski definition) is 6. The molecule has 1 amide bonds. The fourth-order valence-electron chi connectivity index (χ4n) is 0.647. The number of methoxy groups -OCH3 is 1. The van der Waals surface area contributed by atoms with E-state index < -0.39 is 5.91 Å². The van der Waals surface area contributed by atoms with E-state index in [-0.39, 0.29) is 5.69 Å². The second-order valence-corrected chi connectivity index (χ2v) is 3.21. The Morgan fingerprint density at radius 1 is 1.69 bits per heavy atom. The molecule has 0 saturated heterocycles. The number of nitrogens with zero attached hydrogens (tertiary/aromatic N) is 2. The normalized spacial score (nSPS) is 10.2. The van der Waals surface area contributed by atoms with Crippen LogP contribution in [-0.2, 0) is 4.74 Å². The topological polar surface area (TPSA) is 91.2 Å². The van der Waals surface area contributed by atoms with Gasteiger partial charge in [0.2, 0.25) is 5.69 Å². The van der Waals surface area contributed by atoms with Crippen molar-refractivity contribution >= 4 is 17.7 Å². The first-order valence-electron chi connectivity index (χ1n) is 3.49. The summed E-state index contributed by atoms with van der Waals surface area (Å²) in [7, 11) is 1.59. The number of amides is 1. The van der Waals surface area contributed by atoms with Crippen LogP contribution in [0, 0.1) is 0 Å². The molecule has 6 nitrogen and oxygen atoms in total. The Morgan fingerprint density at radius 3 is 3.08 bits per heavy atom. The standard InChI is InChI=1S/C6H9N3O3S/c1-11-2-3-13-6-4(5(7)10)8-12-9-6/h2-3H2,1H3,(H2,7,10). The van der Waals surface area contributed by atoms with E-state index in [2.05, 4.69) is 14.9 Å². The molecule has 0 bridgehead atoms. The zero-order chi connectivity index (χ0) is 9.68. The summed E-state index contributed by atoms with van der Waals surface area (Å²) in [6, 6.07) is 0. The van der Waals surface area contributed by atoms with Gasteiger partial charge in [-0.15, -0.1) is 0 Å². The molecule has 1 aromatic heterocycles. The van der Waals surface area contributed by atoms with Gasteiger partial charge in [0.25, 0.3) is 5.91 Å². The van der Waals surface area contributed by atoms with E-state index in [1.165, 1.54) is 11.8 Å². The van der Waals surface area contributed by atoms with Gasteiger partial charge in [-0.1, -0.05) is 11.8 Å². The molecule has 72 valence electrons. The molecule has 0 fully saturated rings. The van der Waals surface area contributed by atoms with Crippen molar-refractivity contribution in [3.8, 4) is 0 Å². The third-order valence-electron chi connectivity index (χ3n) is 1.22. The maximum Gasteiger partial charge on any atom is 0.273 e. The number of nitrogens with two attached hydrogens (primary N) is 1. The number of primary amides is 1. The number of rotatable bonds is 5. The van der Waals surface area contributed by atoms with Crippen LogP contribution in [0.3, 0.4) is 0 Å². The van der Waals surface area contributed by atoms with E-state index in [1.54, 1.807) is 7.11 Å². The fourth-order valence-corrected chi connectivity index (χ4v) is 1.45. The molecule has 0 radical (unpaired) electrons. The van der Waals surface area contributed by atoms with E-state index in [1.807, 2.05) is 0 Å². The molecule has 13 heavy (non-hydrogen) atoms. The minimum Gasteiger partial charge on any atom is -0.384 e. The van der Waals surface area contributed by atoms with Crippen molar-refractivity contribution in [2.75, 3.05) is 19.5 Å². The Bertz CT molecular complexity index is 288. The van der Waals surface area contributed by atoms with Gasteiger partial charge in [0.1, 0.15) is 0 Å². The number of hydrogen-bond donors (Lipinski definition) is 1. The molecule has 0 saturated carbocycles. The van der Waals surface area contributed by atoms with Gasteiger partial charge < -0.3 is 10.5 Å². The van der Waals surface area contributed by atoms with Crippen LogP contribution in [0.25, 0.3) is 0 Å². The number of thioether (sulfide) groups is 1. The maximum absolute atomic E-state index is 10.7. The van der Waals surface area contributed by atoms with Crippen LogP contribution in [0.1, 0.15) is 10.5 Å². The van der Waals surface area contributed by atoms with Crippen molar-refractivity contribution in [3.63, 3.8) is 0 Å². The van der Waals surface area contributed by atoms with Gasteiger partial charge in [0.05, 0.1) is 6.61 Å². The van der Waals surface area contributed by atoms with Crippen LogP contribution >= 0.6 is 11.8 Å². The molecular formula is C6H9N3O3S. The van der Waals surface area contributed by atoms with E-state index >= 15 is 0 Å². The number of carbonyl (C=O) groups is 1. The number of ether oxygens (including phenoxy) is 1. The van der Waals surface area contributed by atoms with E-state index in [9.17, 15) is 4.79 Å². The zero-order valence-corrected chi connectivity index (χ0v) is 7.84. The largest absolute Gasteiger partial charge is 0.384 e. The van der Waals surface area contributed by atoms with Gasteiger partial charge >= 0.3 is 0 Å². The highest BCUT2D eigenvalue weighted by Crippen LogP contribution is 2.17. The smallest absolute Gasteiger partial charge is 0.273 e. The quantitative estimate of drug-likeness (QED) is 0.531. The summed E-state index contributed by atoms with van der Waals surface area (Å²) in [5.74, 6) is 0.0338. The highest BCUT2D eigenvalue weighted by atomic mass is 32.2. The van der Waals surface area contributed by atoms with Gasteiger partial charge in [-0.3, -0.25) is 4.79 Å². The predicted octanol–water partition coefficient (Wildman–Crippen LogP) is -0.0930. The summed E-state index contributed by atoms with van der Waals surface area (Å²) in [5, 5.41) is 7.31. The summed E-state index contributed by atoms with van der Waals surface area (Å²) < 4.78 is 9.20. The van der Waals surface area contributed by atoms with Gasteiger partial charge in [0, 0.05) is 12.9 Å². The molecular weight excluding hydrogens is 194 g/mol. The first kappa shape index (κ1) is 10.0. The molecule has 0 aliphatic carbocycles. The molecule has 1 rings (SSSR count).